The first-order valence-corrected chi connectivity index (χ1v) is 5.93. The summed E-state index contributed by atoms with van der Waals surface area (Å²) in [7, 11) is 0. The van der Waals surface area contributed by atoms with E-state index in [0.29, 0.717) is 18.1 Å². The molecule has 1 fully saturated rings. The van der Waals surface area contributed by atoms with Crippen molar-refractivity contribution in [3.05, 3.63) is 35.4 Å². The summed E-state index contributed by atoms with van der Waals surface area (Å²) in [6, 6.07) is 7.23. The molecule has 0 aromatic heterocycles. The van der Waals surface area contributed by atoms with Gasteiger partial charge in [0.1, 0.15) is 0 Å². The molecular formula is C13H18N2O2. The number of amides is 1. The van der Waals surface area contributed by atoms with Gasteiger partial charge in [-0.15, -0.1) is 0 Å². The van der Waals surface area contributed by atoms with Crippen LogP contribution in [0.5, 0.6) is 0 Å². The van der Waals surface area contributed by atoms with Crippen molar-refractivity contribution < 1.29 is 9.53 Å². The number of benzene rings is 1. The van der Waals surface area contributed by atoms with Gasteiger partial charge in [-0.3, -0.25) is 4.79 Å². The molecule has 1 unspecified atom stereocenters. The molecule has 1 heterocycles. The average Bonchev–Trinajstić information content (AvgIpc) is 2.83. The fourth-order valence-corrected chi connectivity index (χ4v) is 1.97. The van der Waals surface area contributed by atoms with E-state index >= 15 is 0 Å². The lowest BCUT2D eigenvalue weighted by Gasteiger charge is -2.09. The Balaban J connectivity index is 1.76. The third-order valence-electron chi connectivity index (χ3n) is 3.02. The van der Waals surface area contributed by atoms with E-state index in [2.05, 4.69) is 5.32 Å². The smallest absolute Gasteiger partial charge is 0.248 e. The van der Waals surface area contributed by atoms with Gasteiger partial charge in [0, 0.05) is 12.1 Å². The number of rotatable bonds is 5. The third kappa shape index (κ3) is 3.54. The Morgan fingerprint density at radius 3 is 2.76 bits per heavy atom. The number of hydrogen-bond acceptors (Lipinski definition) is 3. The molecule has 1 amide bonds. The molecule has 0 aliphatic carbocycles. The highest BCUT2D eigenvalue weighted by Gasteiger charge is 2.13. The number of ether oxygens (including phenoxy) is 1. The molecule has 1 atom stereocenters. The summed E-state index contributed by atoms with van der Waals surface area (Å²) in [5.74, 6) is 0.245. The molecule has 1 aromatic rings. The normalized spacial score (nSPS) is 19.4. The Hall–Kier alpha value is -1.39. The molecule has 4 nitrogen and oxygen atoms in total. The van der Waals surface area contributed by atoms with Gasteiger partial charge < -0.3 is 15.8 Å². The van der Waals surface area contributed by atoms with Crippen molar-refractivity contribution in [1.29, 1.82) is 0 Å². The van der Waals surface area contributed by atoms with Gasteiger partial charge in [-0.05, 0) is 36.6 Å². The van der Waals surface area contributed by atoms with Gasteiger partial charge in [-0.2, -0.15) is 0 Å². The minimum absolute atomic E-state index is 0.394. The van der Waals surface area contributed by atoms with Crippen molar-refractivity contribution in [2.24, 2.45) is 11.7 Å². The van der Waals surface area contributed by atoms with Crippen molar-refractivity contribution in [3.63, 3.8) is 0 Å². The zero-order valence-electron chi connectivity index (χ0n) is 9.82. The van der Waals surface area contributed by atoms with Crippen LogP contribution in [0, 0.1) is 5.92 Å². The summed E-state index contributed by atoms with van der Waals surface area (Å²) >= 11 is 0. The quantitative estimate of drug-likeness (QED) is 0.796. The molecule has 1 aromatic carbocycles. The van der Waals surface area contributed by atoms with Crippen LogP contribution < -0.4 is 11.1 Å². The fourth-order valence-electron chi connectivity index (χ4n) is 1.97. The van der Waals surface area contributed by atoms with Crippen LogP contribution >= 0.6 is 0 Å². The summed E-state index contributed by atoms with van der Waals surface area (Å²) in [5, 5.41) is 3.31. The number of carbonyl (C=O) groups excluding carboxylic acids is 1. The predicted molar refractivity (Wildman–Crippen MR) is 65.6 cm³/mol. The predicted octanol–water partition coefficient (Wildman–Crippen LogP) is 0.912. The van der Waals surface area contributed by atoms with E-state index in [9.17, 15) is 4.79 Å². The fraction of sp³-hybridized carbons (Fsp3) is 0.462. The molecule has 0 saturated carbocycles. The van der Waals surface area contributed by atoms with Gasteiger partial charge in [-0.1, -0.05) is 12.1 Å². The highest BCUT2D eigenvalue weighted by atomic mass is 16.5. The Labute approximate surface area is 101 Å². The SMILES string of the molecule is NC(=O)c1ccc(COCC2CCNC2)cc1. The van der Waals surface area contributed by atoms with E-state index < -0.39 is 5.91 Å². The first kappa shape index (κ1) is 12.1. The van der Waals surface area contributed by atoms with Crippen molar-refractivity contribution in [1.82, 2.24) is 5.32 Å². The molecule has 0 radical (unpaired) electrons. The van der Waals surface area contributed by atoms with E-state index in [1.807, 2.05) is 12.1 Å². The van der Waals surface area contributed by atoms with E-state index in [0.717, 1.165) is 25.3 Å². The van der Waals surface area contributed by atoms with Crippen LogP contribution in [-0.2, 0) is 11.3 Å². The Kier molecular flexibility index (Phi) is 4.12. The number of primary amides is 1. The van der Waals surface area contributed by atoms with E-state index in [-0.39, 0.29) is 0 Å². The molecule has 0 spiro atoms. The molecular weight excluding hydrogens is 216 g/mol. The van der Waals surface area contributed by atoms with Gasteiger partial charge in [0.25, 0.3) is 0 Å². The van der Waals surface area contributed by atoms with Crippen molar-refractivity contribution in [2.75, 3.05) is 19.7 Å². The topological polar surface area (TPSA) is 64.4 Å². The van der Waals surface area contributed by atoms with Crippen LogP contribution in [0.2, 0.25) is 0 Å². The maximum Gasteiger partial charge on any atom is 0.248 e. The molecule has 0 bridgehead atoms. The minimum Gasteiger partial charge on any atom is -0.376 e. The van der Waals surface area contributed by atoms with Gasteiger partial charge in [-0.25, -0.2) is 0 Å². The van der Waals surface area contributed by atoms with Gasteiger partial charge in [0.2, 0.25) is 5.91 Å². The lowest BCUT2D eigenvalue weighted by atomic mass is 10.1. The lowest BCUT2D eigenvalue weighted by Crippen LogP contribution is -2.14. The zero-order valence-corrected chi connectivity index (χ0v) is 9.82. The largest absolute Gasteiger partial charge is 0.376 e. The third-order valence-corrected chi connectivity index (χ3v) is 3.02. The summed E-state index contributed by atoms with van der Waals surface area (Å²) in [5.41, 5.74) is 6.78. The molecule has 3 N–H and O–H groups in total. The van der Waals surface area contributed by atoms with Crippen LogP contribution in [-0.4, -0.2) is 25.6 Å². The molecule has 4 heteroatoms. The van der Waals surface area contributed by atoms with Crippen LogP contribution in [0.1, 0.15) is 22.3 Å². The monoisotopic (exact) mass is 234 g/mol. The molecule has 1 aliphatic heterocycles. The summed E-state index contributed by atoms with van der Waals surface area (Å²) in [6.45, 7) is 3.54. The van der Waals surface area contributed by atoms with Crippen molar-refractivity contribution in [3.8, 4) is 0 Å². The standard InChI is InChI=1S/C13H18N2O2/c14-13(16)12-3-1-10(2-4-12)8-17-9-11-5-6-15-7-11/h1-4,11,15H,5-9H2,(H2,14,16). The average molecular weight is 234 g/mol. The number of carbonyl (C=O) groups is 1. The number of nitrogens with one attached hydrogen (secondary N) is 1. The van der Waals surface area contributed by atoms with Crippen LogP contribution in [0.25, 0.3) is 0 Å². The van der Waals surface area contributed by atoms with E-state index in [1.54, 1.807) is 12.1 Å². The van der Waals surface area contributed by atoms with Crippen LogP contribution in [0.3, 0.4) is 0 Å². The second kappa shape index (κ2) is 5.80. The van der Waals surface area contributed by atoms with Crippen molar-refractivity contribution in [2.45, 2.75) is 13.0 Å². The first-order chi connectivity index (χ1) is 8.25. The summed E-state index contributed by atoms with van der Waals surface area (Å²) in [6.07, 6.45) is 1.20. The molecule has 2 rings (SSSR count). The first-order valence-electron chi connectivity index (χ1n) is 5.93. The second-order valence-corrected chi connectivity index (χ2v) is 4.44. The van der Waals surface area contributed by atoms with E-state index in [1.165, 1.54) is 6.42 Å². The Bertz CT molecular complexity index is 370. The number of nitrogens with two attached hydrogens (primary N) is 1. The summed E-state index contributed by atoms with van der Waals surface area (Å²) in [4.78, 5) is 10.9. The Morgan fingerprint density at radius 2 is 2.18 bits per heavy atom. The minimum atomic E-state index is -0.394. The molecule has 92 valence electrons. The van der Waals surface area contributed by atoms with E-state index in [4.69, 9.17) is 10.5 Å². The molecule has 17 heavy (non-hydrogen) atoms. The summed E-state index contributed by atoms with van der Waals surface area (Å²) < 4.78 is 5.65. The second-order valence-electron chi connectivity index (χ2n) is 4.44. The van der Waals surface area contributed by atoms with Crippen molar-refractivity contribution >= 4 is 5.91 Å². The Morgan fingerprint density at radius 1 is 1.41 bits per heavy atom. The lowest BCUT2D eigenvalue weighted by molar-refractivity contribution is 0.0923. The highest BCUT2D eigenvalue weighted by molar-refractivity contribution is 5.92. The van der Waals surface area contributed by atoms with Gasteiger partial charge in [0.15, 0.2) is 0 Å². The molecule has 1 saturated heterocycles. The van der Waals surface area contributed by atoms with Crippen LogP contribution in [0.15, 0.2) is 24.3 Å². The maximum absolute atomic E-state index is 10.9. The van der Waals surface area contributed by atoms with Gasteiger partial charge in [0.05, 0.1) is 13.2 Å². The van der Waals surface area contributed by atoms with Crippen LogP contribution in [0.4, 0.5) is 0 Å². The number of hydrogen-bond donors (Lipinski definition) is 2. The highest BCUT2D eigenvalue weighted by Crippen LogP contribution is 2.10. The van der Waals surface area contributed by atoms with Gasteiger partial charge >= 0.3 is 0 Å². The maximum atomic E-state index is 10.9. The molecule has 1 aliphatic rings. The zero-order chi connectivity index (χ0) is 12.1.